The van der Waals surface area contributed by atoms with Gasteiger partial charge in [-0.3, -0.25) is 4.79 Å². The lowest BCUT2D eigenvalue weighted by Crippen LogP contribution is -2.24. The zero-order valence-electron chi connectivity index (χ0n) is 18.8. The highest BCUT2D eigenvalue weighted by Crippen LogP contribution is 2.23. The van der Waals surface area contributed by atoms with Crippen LogP contribution >= 0.6 is 0 Å². The fourth-order valence-corrected chi connectivity index (χ4v) is 4.25. The number of para-hydroxylation sites is 1. The smallest absolute Gasteiger partial charge is 0.274 e. The van der Waals surface area contributed by atoms with Crippen molar-refractivity contribution in [3.63, 3.8) is 0 Å². The second-order valence-corrected chi connectivity index (χ2v) is 15.2. The molecule has 0 spiro atoms. The standard InChI is InChI=1S/C23H34N4O2Si/c1-17(2)14-18-8-6-10-20-22(18)25-21(15-26-11-7-9-19(24)23(26)28)27(20)16-29-12-13-30(3,4)5/h6-11,17H,12-16,24H2,1-5H3. The summed E-state index contributed by atoms with van der Waals surface area (Å²) in [5, 5.41) is 0. The van der Waals surface area contributed by atoms with E-state index in [0.717, 1.165) is 35.9 Å². The van der Waals surface area contributed by atoms with Crippen molar-refractivity contribution in [1.29, 1.82) is 0 Å². The minimum Gasteiger partial charge on any atom is -0.394 e. The number of pyridine rings is 1. The SMILES string of the molecule is CC(C)Cc1cccc2c1nc(Cn1cccc(N)c1=O)n2COCC[Si](C)(C)C. The molecule has 0 aliphatic carbocycles. The molecule has 7 heteroatoms. The Kier molecular flexibility index (Phi) is 6.83. The van der Waals surface area contributed by atoms with E-state index in [1.54, 1.807) is 22.9 Å². The van der Waals surface area contributed by atoms with Crippen molar-refractivity contribution in [2.45, 2.75) is 59.2 Å². The van der Waals surface area contributed by atoms with Gasteiger partial charge in [0.2, 0.25) is 0 Å². The van der Waals surface area contributed by atoms with Crippen molar-refractivity contribution in [1.82, 2.24) is 14.1 Å². The predicted molar refractivity (Wildman–Crippen MR) is 127 cm³/mol. The molecule has 0 bridgehead atoms. The molecule has 2 heterocycles. The first-order valence-corrected chi connectivity index (χ1v) is 14.4. The van der Waals surface area contributed by atoms with Crippen molar-refractivity contribution in [2.24, 2.45) is 5.92 Å². The highest BCUT2D eigenvalue weighted by molar-refractivity contribution is 6.76. The van der Waals surface area contributed by atoms with Crippen LogP contribution in [0.1, 0.15) is 25.2 Å². The molecule has 0 unspecified atom stereocenters. The van der Waals surface area contributed by atoms with Gasteiger partial charge in [-0.25, -0.2) is 4.98 Å². The van der Waals surface area contributed by atoms with Gasteiger partial charge in [-0.15, -0.1) is 0 Å². The highest BCUT2D eigenvalue weighted by Gasteiger charge is 2.17. The third-order valence-electron chi connectivity index (χ3n) is 5.15. The molecule has 0 aliphatic heterocycles. The number of anilines is 1. The van der Waals surface area contributed by atoms with Crippen LogP contribution in [-0.2, 0) is 24.4 Å². The molecular weight excluding hydrogens is 392 g/mol. The average molecular weight is 427 g/mol. The van der Waals surface area contributed by atoms with Gasteiger partial charge >= 0.3 is 0 Å². The van der Waals surface area contributed by atoms with Gasteiger partial charge in [-0.2, -0.15) is 0 Å². The number of hydrogen-bond acceptors (Lipinski definition) is 4. The molecule has 2 N–H and O–H groups in total. The highest BCUT2D eigenvalue weighted by atomic mass is 28.3. The minimum atomic E-state index is -1.16. The zero-order valence-corrected chi connectivity index (χ0v) is 19.8. The van der Waals surface area contributed by atoms with Gasteiger partial charge in [0.05, 0.1) is 23.3 Å². The van der Waals surface area contributed by atoms with Crippen LogP contribution in [0.3, 0.4) is 0 Å². The number of imidazole rings is 1. The largest absolute Gasteiger partial charge is 0.394 e. The molecule has 0 radical (unpaired) electrons. The number of benzene rings is 1. The topological polar surface area (TPSA) is 75.1 Å². The quantitative estimate of drug-likeness (QED) is 0.408. The van der Waals surface area contributed by atoms with Crippen molar-refractivity contribution in [3.05, 3.63) is 58.3 Å². The van der Waals surface area contributed by atoms with E-state index in [9.17, 15) is 4.79 Å². The van der Waals surface area contributed by atoms with Crippen molar-refractivity contribution in [2.75, 3.05) is 12.3 Å². The molecule has 3 rings (SSSR count). The van der Waals surface area contributed by atoms with Crippen LogP contribution in [0.15, 0.2) is 41.3 Å². The Hall–Kier alpha value is -2.38. The third-order valence-corrected chi connectivity index (χ3v) is 6.85. The lowest BCUT2D eigenvalue weighted by atomic mass is 10.0. The minimum absolute atomic E-state index is 0.196. The van der Waals surface area contributed by atoms with Gasteiger partial charge in [0.25, 0.3) is 5.56 Å². The van der Waals surface area contributed by atoms with E-state index in [2.05, 4.69) is 56.3 Å². The van der Waals surface area contributed by atoms with Crippen LogP contribution in [0.4, 0.5) is 5.69 Å². The van der Waals surface area contributed by atoms with Crippen molar-refractivity contribution >= 4 is 24.8 Å². The number of hydrogen-bond donors (Lipinski definition) is 1. The number of ether oxygens (including phenoxy) is 1. The van der Waals surface area contributed by atoms with Gasteiger partial charge in [-0.1, -0.05) is 45.6 Å². The average Bonchev–Trinajstić information content (AvgIpc) is 3.00. The first-order chi connectivity index (χ1) is 14.2. The van der Waals surface area contributed by atoms with E-state index in [-0.39, 0.29) is 11.2 Å². The van der Waals surface area contributed by atoms with Crippen molar-refractivity contribution in [3.8, 4) is 0 Å². The summed E-state index contributed by atoms with van der Waals surface area (Å²) in [4.78, 5) is 17.4. The van der Waals surface area contributed by atoms with Crippen LogP contribution in [0.25, 0.3) is 11.0 Å². The third kappa shape index (κ3) is 5.40. The number of nitrogens with two attached hydrogens (primary N) is 1. The fourth-order valence-electron chi connectivity index (χ4n) is 3.49. The zero-order chi connectivity index (χ0) is 21.9. The summed E-state index contributed by atoms with van der Waals surface area (Å²) < 4.78 is 9.77. The summed E-state index contributed by atoms with van der Waals surface area (Å²) in [6.45, 7) is 13.0. The molecule has 0 fully saturated rings. The predicted octanol–water partition coefficient (Wildman–Crippen LogP) is 4.34. The lowest BCUT2D eigenvalue weighted by molar-refractivity contribution is 0.0877. The van der Waals surface area contributed by atoms with Gasteiger partial charge in [-0.05, 0) is 42.1 Å². The second kappa shape index (κ2) is 9.18. The molecule has 30 heavy (non-hydrogen) atoms. The maximum atomic E-state index is 12.5. The van der Waals surface area contributed by atoms with Crippen LogP contribution in [0.5, 0.6) is 0 Å². The first kappa shape index (κ1) is 22.3. The molecule has 162 valence electrons. The molecule has 0 amide bonds. The maximum absolute atomic E-state index is 12.5. The van der Waals surface area contributed by atoms with Gasteiger partial charge in [0.1, 0.15) is 12.6 Å². The molecule has 0 aliphatic rings. The van der Waals surface area contributed by atoms with Gasteiger partial charge in [0, 0.05) is 20.9 Å². The fraction of sp³-hybridized carbons (Fsp3) is 0.478. The number of fused-ring (bicyclic) bond motifs is 1. The summed E-state index contributed by atoms with van der Waals surface area (Å²) in [6, 6.07) is 10.8. The van der Waals surface area contributed by atoms with Crippen LogP contribution in [0, 0.1) is 5.92 Å². The number of aromatic nitrogens is 3. The molecule has 0 saturated carbocycles. The number of nitrogens with zero attached hydrogens (tertiary/aromatic N) is 3. The van der Waals surface area contributed by atoms with Gasteiger partial charge in [0.15, 0.2) is 0 Å². The Balaban J connectivity index is 1.98. The number of rotatable bonds is 9. The second-order valence-electron chi connectivity index (χ2n) is 9.58. The molecule has 0 saturated heterocycles. The van der Waals surface area contributed by atoms with Crippen molar-refractivity contribution < 1.29 is 4.74 Å². The molecular formula is C23H34N4O2Si. The normalized spacial score (nSPS) is 12.2. The van der Waals surface area contributed by atoms with E-state index in [1.807, 2.05) is 0 Å². The van der Waals surface area contributed by atoms with Crippen LogP contribution in [-0.4, -0.2) is 28.8 Å². The van der Waals surface area contributed by atoms with Crippen LogP contribution in [0.2, 0.25) is 25.7 Å². The lowest BCUT2D eigenvalue weighted by Gasteiger charge is -2.16. The van der Waals surface area contributed by atoms with E-state index in [0.29, 0.717) is 19.2 Å². The van der Waals surface area contributed by atoms with Crippen LogP contribution < -0.4 is 11.3 Å². The van der Waals surface area contributed by atoms with E-state index in [1.165, 1.54) is 5.56 Å². The van der Waals surface area contributed by atoms with E-state index in [4.69, 9.17) is 15.5 Å². The monoisotopic (exact) mass is 426 g/mol. The van der Waals surface area contributed by atoms with E-state index >= 15 is 0 Å². The molecule has 1 aromatic carbocycles. The molecule has 6 nitrogen and oxygen atoms in total. The van der Waals surface area contributed by atoms with Gasteiger partial charge < -0.3 is 19.6 Å². The Morgan fingerprint density at radius 2 is 1.93 bits per heavy atom. The number of nitrogen functional groups attached to an aromatic ring is 1. The maximum Gasteiger partial charge on any atom is 0.274 e. The molecule has 2 aromatic heterocycles. The Labute approximate surface area is 179 Å². The summed E-state index contributed by atoms with van der Waals surface area (Å²) in [5.41, 5.74) is 9.14. The molecule has 0 atom stereocenters. The van der Waals surface area contributed by atoms with E-state index < -0.39 is 8.07 Å². The summed E-state index contributed by atoms with van der Waals surface area (Å²) >= 11 is 0. The Bertz CT molecular complexity index is 1060. The summed E-state index contributed by atoms with van der Waals surface area (Å²) in [7, 11) is -1.16. The molecule has 3 aromatic rings. The Morgan fingerprint density at radius 3 is 2.63 bits per heavy atom. The summed E-state index contributed by atoms with van der Waals surface area (Å²) in [6.07, 6.45) is 2.71. The Morgan fingerprint density at radius 1 is 1.17 bits per heavy atom. The first-order valence-electron chi connectivity index (χ1n) is 10.7. The summed E-state index contributed by atoms with van der Waals surface area (Å²) in [5.74, 6) is 1.34.